The van der Waals surface area contributed by atoms with Gasteiger partial charge in [-0.3, -0.25) is 14.9 Å². The van der Waals surface area contributed by atoms with Crippen molar-refractivity contribution in [1.29, 1.82) is 0 Å². The maximum absolute atomic E-state index is 12.5. The average Bonchev–Trinajstić information content (AvgIpc) is 2.91. The summed E-state index contributed by atoms with van der Waals surface area (Å²) in [7, 11) is 1.56. The molecule has 164 valence electrons. The third kappa shape index (κ3) is 6.35. The van der Waals surface area contributed by atoms with E-state index >= 15 is 0 Å². The Hall–Kier alpha value is -2.80. The van der Waals surface area contributed by atoms with Crippen LogP contribution in [0.15, 0.2) is 35.9 Å². The molecule has 0 bridgehead atoms. The van der Waals surface area contributed by atoms with E-state index in [4.69, 9.17) is 9.47 Å². The molecule has 2 amide bonds. The number of nitrogens with one attached hydrogen (secondary N) is 3. The van der Waals surface area contributed by atoms with Gasteiger partial charge in [0.15, 0.2) is 18.1 Å². The Morgan fingerprint density at radius 3 is 2.40 bits per heavy atom. The first-order valence-corrected chi connectivity index (χ1v) is 10.1. The fraction of sp³-hybridized carbons (Fsp3) is 0.478. The van der Waals surface area contributed by atoms with Gasteiger partial charge in [0.05, 0.1) is 7.11 Å². The minimum Gasteiger partial charge on any atom is -0.493 e. The van der Waals surface area contributed by atoms with Gasteiger partial charge in [-0.05, 0) is 52.3 Å². The van der Waals surface area contributed by atoms with Gasteiger partial charge in [0.25, 0.3) is 5.91 Å². The molecule has 0 spiro atoms. The summed E-state index contributed by atoms with van der Waals surface area (Å²) in [5.41, 5.74) is 1.07. The van der Waals surface area contributed by atoms with Crippen molar-refractivity contribution in [2.75, 3.05) is 26.8 Å². The second kappa shape index (κ2) is 9.80. The molecule has 0 atom stereocenters. The molecule has 0 saturated carbocycles. The van der Waals surface area contributed by atoms with Gasteiger partial charge in [0, 0.05) is 29.7 Å². The van der Waals surface area contributed by atoms with Crippen LogP contribution in [0.5, 0.6) is 11.5 Å². The molecule has 3 N–H and O–H groups in total. The van der Waals surface area contributed by atoms with Gasteiger partial charge in [0.2, 0.25) is 5.91 Å². The molecule has 1 heterocycles. The van der Waals surface area contributed by atoms with Crippen LogP contribution in [0.2, 0.25) is 0 Å². The van der Waals surface area contributed by atoms with Crippen molar-refractivity contribution in [3.05, 3.63) is 41.5 Å². The van der Waals surface area contributed by atoms with Crippen LogP contribution in [0.25, 0.3) is 6.08 Å². The van der Waals surface area contributed by atoms with E-state index in [2.05, 4.69) is 16.0 Å². The van der Waals surface area contributed by atoms with Crippen molar-refractivity contribution >= 4 is 17.9 Å². The Kier molecular flexibility index (Phi) is 7.67. The van der Waals surface area contributed by atoms with Crippen LogP contribution in [0, 0.1) is 0 Å². The smallest absolute Gasteiger partial charge is 0.258 e. The zero-order valence-corrected chi connectivity index (χ0v) is 18.7. The molecular formula is C23H33N3O4. The number of allylic oxidation sites excluding steroid dienone is 1. The van der Waals surface area contributed by atoms with Crippen molar-refractivity contribution in [3.8, 4) is 11.5 Å². The number of amides is 2. The molecule has 0 unspecified atom stereocenters. The van der Waals surface area contributed by atoms with Crippen LogP contribution in [0.4, 0.5) is 0 Å². The molecule has 1 aliphatic heterocycles. The zero-order chi connectivity index (χ0) is 22.4. The molecule has 0 aliphatic carbocycles. The highest BCUT2D eigenvalue weighted by Crippen LogP contribution is 2.30. The Morgan fingerprint density at radius 2 is 1.80 bits per heavy atom. The van der Waals surface area contributed by atoms with E-state index < -0.39 is 5.54 Å². The van der Waals surface area contributed by atoms with Gasteiger partial charge in [0.1, 0.15) is 0 Å². The Bertz CT molecular complexity index is 841. The van der Waals surface area contributed by atoms with E-state index in [-0.39, 0.29) is 24.0 Å². The Balaban J connectivity index is 1.76. The summed E-state index contributed by atoms with van der Waals surface area (Å²) >= 11 is 0. The van der Waals surface area contributed by atoms with Gasteiger partial charge < -0.3 is 20.1 Å². The van der Waals surface area contributed by atoms with Crippen LogP contribution >= 0.6 is 0 Å². The van der Waals surface area contributed by atoms with E-state index in [9.17, 15) is 9.59 Å². The summed E-state index contributed by atoms with van der Waals surface area (Å²) in [6.07, 6.45) is 5.83. The van der Waals surface area contributed by atoms with E-state index in [1.807, 2.05) is 65.0 Å². The molecule has 0 aromatic heterocycles. The van der Waals surface area contributed by atoms with E-state index in [0.29, 0.717) is 30.2 Å². The van der Waals surface area contributed by atoms with E-state index in [1.54, 1.807) is 13.2 Å². The molecule has 0 radical (unpaired) electrons. The first kappa shape index (κ1) is 23.5. The minimum atomic E-state index is -0.397. The van der Waals surface area contributed by atoms with Gasteiger partial charge >= 0.3 is 0 Å². The van der Waals surface area contributed by atoms with E-state index in [1.165, 1.54) is 0 Å². The van der Waals surface area contributed by atoms with Crippen molar-refractivity contribution in [1.82, 2.24) is 16.0 Å². The van der Waals surface area contributed by atoms with Gasteiger partial charge in [-0.15, -0.1) is 0 Å². The Morgan fingerprint density at radius 1 is 1.10 bits per heavy atom. The third-order valence-electron chi connectivity index (χ3n) is 4.70. The molecule has 30 heavy (non-hydrogen) atoms. The second-order valence-electron chi connectivity index (χ2n) is 8.33. The number of hydrogen-bond acceptors (Lipinski definition) is 5. The molecule has 1 aromatic carbocycles. The summed E-state index contributed by atoms with van der Waals surface area (Å²) in [6, 6.07) is 5.51. The number of ether oxygens (including phenoxy) is 2. The number of carbonyl (C=O) groups excluding carboxylic acids is 2. The molecule has 1 aromatic rings. The fourth-order valence-corrected chi connectivity index (χ4v) is 3.57. The van der Waals surface area contributed by atoms with Crippen LogP contribution in [-0.2, 0) is 9.59 Å². The van der Waals surface area contributed by atoms with Crippen molar-refractivity contribution in [3.63, 3.8) is 0 Å². The van der Waals surface area contributed by atoms with Crippen molar-refractivity contribution in [2.24, 2.45) is 0 Å². The summed E-state index contributed by atoms with van der Waals surface area (Å²) < 4.78 is 10.9. The SMILES string of the molecule is C/C=C\c1ccc(OCC(=O)NCCNC(=O)C2=CC(C)(C)NC2(C)C)c(OC)c1. The highest BCUT2D eigenvalue weighted by Gasteiger charge is 2.39. The number of benzene rings is 1. The highest BCUT2D eigenvalue weighted by molar-refractivity contribution is 5.96. The third-order valence-corrected chi connectivity index (χ3v) is 4.70. The van der Waals surface area contributed by atoms with Crippen LogP contribution < -0.4 is 25.4 Å². The second-order valence-corrected chi connectivity index (χ2v) is 8.33. The van der Waals surface area contributed by atoms with E-state index in [0.717, 1.165) is 5.56 Å². The van der Waals surface area contributed by atoms with Crippen LogP contribution in [-0.4, -0.2) is 49.7 Å². The van der Waals surface area contributed by atoms with Crippen molar-refractivity contribution in [2.45, 2.75) is 45.7 Å². The lowest BCUT2D eigenvalue weighted by molar-refractivity contribution is -0.123. The molecule has 7 heteroatoms. The monoisotopic (exact) mass is 415 g/mol. The summed E-state index contributed by atoms with van der Waals surface area (Å²) in [5, 5.41) is 9.00. The summed E-state index contributed by atoms with van der Waals surface area (Å²) in [6.45, 7) is 10.5. The van der Waals surface area contributed by atoms with Gasteiger partial charge in [-0.1, -0.05) is 24.3 Å². The molecule has 1 aliphatic rings. The summed E-state index contributed by atoms with van der Waals surface area (Å²) in [5.74, 6) is 0.663. The maximum atomic E-state index is 12.5. The first-order chi connectivity index (χ1) is 14.1. The maximum Gasteiger partial charge on any atom is 0.258 e. The quantitative estimate of drug-likeness (QED) is 0.539. The van der Waals surface area contributed by atoms with Gasteiger partial charge in [-0.2, -0.15) is 0 Å². The van der Waals surface area contributed by atoms with Crippen molar-refractivity contribution < 1.29 is 19.1 Å². The number of rotatable bonds is 9. The molecule has 7 nitrogen and oxygen atoms in total. The van der Waals surface area contributed by atoms with Crippen LogP contribution in [0.3, 0.4) is 0 Å². The zero-order valence-electron chi connectivity index (χ0n) is 18.7. The minimum absolute atomic E-state index is 0.130. The topological polar surface area (TPSA) is 88.7 Å². The van der Waals surface area contributed by atoms with Gasteiger partial charge in [-0.25, -0.2) is 0 Å². The molecule has 2 rings (SSSR count). The lowest BCUT2D eigenvalue weighted by atomic mass is 9.96. The predicted octanol–water partition coefficient (Wildman–Crippen LogP) is 2.43. The predicted molar refractivity (Wildman–Crippen MR) is 119 cm³/mol. The standard InChI is InChI=1S/C23H33N3O4/c1-7-8-16-9-10-18(19(13-16)29-6)30-15-20(27)24-11-12-25-21(28)17-14-22(2,3)26-23(17,4)5/h7-10,13-14,26H,11-12,15H2,1-6H3,(H,24,27)(H,25,28)/b8-7-. The average molecular weight is 416 g/mol. The lowest BCUT2D eigenvalue weighted by Gasteiger charge is -2.27. The summed E-state index contributed by atoms with van der Waals surface area (Å²) in [4.78, 5) is 24.5. The normalized spacial score (nSPS) is 16.8. The van der Waals surface area contributed by atoms with Crippen LogP contribution in [0.1, 0.15) is 40.2 Å². The largest absolute Gasteiger partial charge is 0.493 e. The number of methoxy groups -OCH3 is 1. The first-order valence-electron chi connectivity index (χ1n) is 10.1. The Labute approximate surface area is 178 Å². The molecule has 0 fully saturated rings. The fourth-order valence-electron chi connectivity index (χ4n) is 3.57. The molecular weight excluding hydrogens is 382 g/mol. The lowest BCUT2D eigenvalue weighted by Crippen LogP contribution is -2.48. The highest BCUT2D eigenvalue weighted by atomic mass is 16.5. The number of carbonyl (C=O) groups is 2. The number of hydrogen-bond donors (Lipinski definition) is 3. The molecule has 0 saturated heterocycles.